The Labute approximate surface area is 79.3 Å². The minimum atomic E-state index is -1.27. The molecule has 70 valence electrons. The zero-order chi connectivity index (χ0) is 12.6. The molecule has 3 N–H and O–H groups in total. The van der Waals surface area contributed by atoms with Crippen LogP contribution < -0.4 is 0 Å². The first-order valence-electron chi connectivity index (χ1n) is 5.03. The summed E-state index contributed by atoms with van der Waals surface area (Å²) in [5, 5.41) is 27.2. The number of carbonyl (C=O) groups is 1. The summed E-state index contributed by atoms with van der Waals surface area (Å²) in [7, 11) is 0. The second kappa shape index (κ2) is 3.35. The second-order valence-corrected chi connectivity index (χ2v) is 2.55. The summed E-state index contributed by atoms with van der Waals surface area (Å²) in [6, 6.07) is -1.87. The van der Waals surface area contributed by atoms with Crippen molar-refractivity contribution in [1.29, 1.82) is 0 Å². The van der Waals surface area contributed by atoms with E-state index in [0.29, 0.717) is 0 Å². The van der Waals surface area contributed by atoms with Crippen LogP contribution in [0.4, 0.5) is 0 Å². The highest BCUT2D eigenvalue weighted by molar-refractivity contribution is 5.75. The van der Waals surface area contributed by atoms with E-state index >= 15 is 0 Å². The normalized spacial score (nSPS) is 15.6. The summed E-state index contributed by atoms with van der Waals surface area (Å²) in [4.78, 5) is 10.7. The van der Waals surface area contributed by atoms with Crippen LogP contribution in [0.2, 0.25) is 0 Å². The monoisotopic (exact) mass is 185 g/mol. The van der Waals surface area contributed by atoms with E-state index in [1.165, 1.54) is 6.92 Å². The minimum absolute atomic E-state index is 0.284. The van der Waals surface area contributed by atoms with Gasteiger partial charge in [0.1, 0.15) is 0 Å². The molecule has 0 aliphatic rings. The first-order chi connectivity index (χ1) is 7.29. The molecule has 0 spiro atoms. The zero-order valence-electron chi connectivity index (χ0n) is 9.83. The molecule has 0 bridgehead atoms. The third-order valence-electron chi connectivity index (χ3n) is 1.60. The highest BCUT2D eigenvalue weighted by Crippen LogP contribution is 2.28. The summed E-state index contributed by atoms with van der Waals surface area (Å²) in [5.74, 6) is -4.22. The van der Waals surface area contributed by atoms with Gasteiger partial charge in [-0.25, -0.2) is 0 Å². The molecule has 0 radical (unpaired) electrons. The number of rotatable bonds is 2. The maximum atomic E-state index is 10.7. The van der Waals surface area contributed by atoms with E-state index in [4.69, 9.17) is 9.22 Å². The molecule has 0 aromatic heterocycles. The molecular formula is C9H10O4. The van der Waals surface area contributed by atoms with Crippen molar-refractivity contribution in [2.75, 3.05) is 0 Å². The molecule has 0 heterocycles. The molecule has 0 aliphatic carbocycles. The van der Waals surface area contributed by atoms with Crippen molar-refractivity contribution in [2.24, 2.45) is 0 Å². The Morgan fingerprint density at radius 3 is 2.62 bits per heavy atom. The van der Waals surface area contributed by atoms with Crippen molar-refractivity contribution in [3.05, 3.63) is 23.7 Å². The van der Waals surface area contributed by atoms with E-state index in [1.807, 2.05) is 0 Å². The van der Waals surface area contributed by atoms with E-state index in [0.717, 1.165) is 0 Å². The largest absolute Gasteiger partial charge is 0.504 e. The molecule has 0 amide bonds. The van der Waals surface area contributed by atoms with Gasteiger partial charge in [0.2, 0.25) is 0 Å². The highest BCUT2D eigenvalue weighted by atomic mass is 16.4. The molecule has 4 nitrogen and oxygen atoms in total. The third-order valence-corrected chi connectivity index (χ3v) is 1.60. The molecule has 0 aliphatic heterocycles. The molecule has 0 fully saturated rings. The van der Waals surface area contributed by atoms with Crippen LogP contribution in [0.15, 0.2) is 18.1 Å². The van der Waals surface area contributed by atoms with Gasteiger partial charge in [0.05, 0.1) is 10.0 Å². The lowest BCUT2D eigenvalue weighted by Crippen LogP contribution is -2.06. The molecular weight excluding hydrogens is 172 g/mol. The molecule has 4 heteroatoms. The molecule has 0 saturated carbocycles. The number of carboxylic acid groups (broad SMARTS) is 1. The van der Waals surface area contributed by atoms with Crippen LogP contribution in [0, 0.1) is 0 Å². The number of carboxylic acids is 1. The summed E-state index contributed by atoms with van der Waals surface area (Å²) in [5.41, 5.74) is -0.284. The SMILES string of the molecule is [2H]c1c([2H])c(C(C)C(=O)O)c([2H])c(O)c1O. The van der Waals surface area contributed by atoms with Gasteiger partial charge in [0.15, 0.2) is 11.5 Å². The van der Waals surface area contributed by atoms with E-state index in [-0.39, 0.29) is 5.56 Å². The summed E-state index contributed by atoms with van der Waals surface area (Å²) in [6.07, 6.45) is 0. The van der Waals surface area contributed by atoms with Crippen molar-refractivity contribution in [3.8, 4) is 11.5 Å². The topological polar surface area (TPSA) is 77.8 Å². The Hall–Kier alpha value is -1.71. The number of aromatic hydroxyl groups is 2. The minimum Gasteiger partial charge on any atom is -0.504 e. The lowest BCUT2D eigenvalue weighted by molar-refractivity contribution is -0.138. The fourth-order valence-electron chi connectivity index (χ4n) is 0.744. The van der Waals surface area contributed by atoms with Gasteiger partial charge >= 0.3 is 5.97 Å². The van der Waals surface area contributed by atoms with Gasteiger partial charge < -0.3 is 15.3 Å². The van der Waals surface area contributed by atoms with Crippen LogP contribution in [-0.4, -0.2) is 21.3 Å². The Bertz CT molecular complexity index is 430. The second-order valence-electron chi connectivity index (χ2n) is 2.55. The molecule has 1 unspecified atom stereocenters. The highest BCUT2D eigenvalue weighted by Gasteiger charge is 2.14. The van der Waals surface area contributed by atoms with Crippen molar-refractivity contribution in [1.82, 2.24) is 0 Å². The number of phenolic OH excluding ortho intramolecular Hbond substituents is 2. The van der Waals surface area contributed by atoms with E-state index in [1.54, 1.807) is 0 Å². The maximum Gasteiger partial charge on any atom is 0.310 e. The maximum absolute atomic E-state index is 10.7. The average Bonchev–Trinajstić information content (AvgIpc) is 2.23. The van der Waals surface area contributed by atoms with Crippen molar-refractivity contribution < 1.29 is 24.2 Å². The third kappa shape index (κ3) is 1.90. The Morgan fingerprint density at radius 1 is 1.46 bits per heavy atom. The lowest BCUT2D eigenvalue weighted by Gasteiger charge is -2.07. The first kappa shape index (κ1) is 5.85. The Kier molecular flexibility index (Phi) is 1.51. The van der Waals surface area contributed by atoms with Gasteiger partial charge in [-0.2, -0.15) is 0 Å². The molecule has 1 aromatic rings. The summed E-state index contributed by atoms with van der Waals surface area (Å²) in [6.45, 7) is 1.24. The number of benzene rings is 1. The van der Waals surface area contributed by atoms with Crippen LogP contribution in [0.1, 0.15) is 22.5 Å². The van der Waals surface area contributed by atoms with Crippen molar-refractivity contribution in [2.45, 2.75) is 12.8 Å². The zero-order valence-corrected chi connectivity index (χ0v) is 6.83. The van der Waals surface area contributed by atoms with Crippen LogP contribution in [0.25, 0.3) is 0 Å². The van der Waals surface area contributed by atoms with E-state index < -0.39 is 41.5 Å². The van der Waals surface area contributed by atoms with Crippen molar-refractivity contribution >= 4 is 5.97 Å². The number of aliphatic carboxylic acids is 1. The smallest absolute Gasteiger partial charge is 0.310 e. The standard InChI is InChI=1S/C9H10O4/c1-5(9(12)13)6-2-3-7(10)8(11)4-6/h2-5,10-11H,1H3,(H,12,13)/i2D,3D,4D. The van der Waals surface area contributed by atoms with E-state index in [2.05, 4.69) is 0 Å². The summed E-state index contributed by atoms with van der Waals surface area (Å²) >= 11 is 0. The fourth-order valence-corrected chi connectivity index (χ4v) is 0.744. The quantitative estimate of drug-likeness (QED) is 0.606. The molecule has 1 aromatic carbocycles. The lowest BCUT2D eigenvalue weighted by atomic mass is 10.0. The average molecular weight is 185 g/mol. The van der Waals surface area contributed by atoms with Gasteiger partial charge in [0.25, 0.3) is 0 Å². The van der Waals surface area contributed by atoms with Crippen LogP contribution in [0.5, 0.6) is 11.5 Å². The van der Waals surface area contributed by atoms with Gasteiger partial charge in [0, 0.05) is 0 Å². The Balaban J connectivity index is 3.57. The van der Waals surface area contributed by atoms with Crippen LogP contribution in [0.3, 0.4) is 0 Å². The van der Waals surface area contributed by atoms with Gasteiger partial charge in [-0.15, -0.1) is 0 Å². The molecule has 0 saturated heterocycles. The fraction of sp³-hybridized carbons (Fsp3) is 0.222. The summed E-state index contributed by atoms with van der Waals surface area (Å²) < 4.78 is 22.2. The first-order valence-corrected chi connectivity index (χ1v) is 3.53. The number of phenols is 2. The van der Waals surface area contributed by atoms with Crippen LogP contribution in [-0.2, 0) is 4.79 Å². The predicted molar refractivity (Wildman–Crippen MR) is 45.8 cm³/mol. The van der Waals surface area contributed by atoms with Gasteiger partial charge in [-0.05, 0) is 24.6 Å². The van der Waals surface area contributed by atoms with Crippen LogP contribution >= 0.6 is 0 Å². The van der Waals surface area contributed by atoms with Gasteiger partial charge in [-0.1, -0.05) is 6.04 Å². The Morgan fingerprint density at radius 2 is 2.08 bits per heavy atom. The molecule has 1 rings (SSSR count). The molecule has 13 heavy (non-hydrogen) atoms. The molecule has 1 atom stereocenters. The number of hydrogen-bond donors (Lipinski definition) is 3. The predicted octanol–water partition coefficient (Wildman–Crippen LogP) is 1.29. The van der Waals surface area contributed by atoms with Crippen molar-refractivity contribution in [3.63, 3.8) is 0 Å². The van der Waals surface area contributed by atoms with Gasteiger partial charge in [-0.3, -0.25) is 4.79 Å². The van der Waals surface area contributed by atoms with E-state index in [9.17, 15) is 15.0 Å². The number of hydrogen-bond acceptors (Lipinski definition) is 3.